The number of aliphatic hydroxyl groups is 1. The third-order valence-corrected chi connectivity index (χ3v) is 3.19. The molecule has 1 atom stereocenters. The first kappa shape index (κ1) is 12.4. The van der Waals surface area contributed by atoms with Crippen LogP contribution >= 0.6 is 0 Å². The molecule has 1 saturated heterocycles. The van der Waals surface area contributed by atoms with Crippen LogP contribution in [0.25, 0.3) is 0 Å². The van der Waals surface area contributed by atoms with Crippen molar-refractivity contribution in [2.45, 2.75) is 31.4 Å². The monoisotopic (exact) mass is 237 g/mol. The van der Waals surface area contributed by atoms with Crippen molar-refractivity contribution in [3.8, 4) is 0 Å². The topological polar surface area (TPSA) is 67.3 Å². The lowest BCUT2D eigenvalue weighted by molar-refractivity contribution is -0.0626. The largest absolute Gasteiger partial charge is 0.388 e. The lowest BCUT2D eigenvalue weighted by atomic mass is 9.94. The lowest BCUT2D eigenvalue weighted by Gasteiger charge is -2.33. The van der Waals surface area contributed by atoms with Crippen molar-refractivity contribution in [3.05, 3.63) is 24.3 Å². The number of hydrogen-bond donors (Lipinski definition) is 2. The molecule has 1 fully saturated rings. The molecule has 0 amide bonds. The minimum Gasteiger partial charge on any atom is -0.388 e. The van der Waals surface area contributed by atoms with Gasteiger partial charge in [-0.3, -0.25) is 9.97 Å². The van der Waals surface area contributed by atoms with Gasteiger partial charge in [0.2, 0.25) is 0 Å². The summed E-state index contributed by atoms with van der Waals surface area (Å²) in [6.07, 6.45) is 6.45. The summed E-state index contributed by atoms with van der Waals surface area (Å²) in [5, 5.41) is 13.6. The summed E-state index contributed by atoms with van der Waals surface area (Å²) < 4.78 is 5.25. The normalized spacial score (nSPS) is 21.1. The molecular weight excluding hydrogens is 218 g/mol. The van der Waals surface area contributed by atoms with Crippen LogP contribution in [0.15, 0.2) is 18.6 Å². The molecule has 0 aliphatic carbocycles. The van der Waals surface area contributed by atoms with Crippen molar-refractivity contribution in [2.24, 2.45) is 0 Å². The highest BCUT2D eigenvalue weighted by atomic mass is 16.5. The van der Waals surface area contributed by atoms with E-state index in [0.717, 1.165) is 5.69 Å². The van der Waals surface area contributed by atoms with E-state index >= 15 is 0 Å². The van der Waals surface area contributed by atoms with Gasteiger partial charge < -0.3 is 15.2 Å². The molecule has 1 aromatic rings. The maximum absolute atomic E-state index is 10.3. The van der Waals surface area contributed by atoms with Gasteiger partial charge >= 0.3 is 0 Å². The number of nitrogens with zero attached hydrogens (tertiary/aromatic N) is 2. The second kappa shape index (κ2) is 5.53. The molecule has 1 aliphatic rings. The van der Waals surface area contributed by atoms with E-state index in [1.165, 1.54) is 0 Å². The van der Waals surface area contributed by atoms with E-state index < -0.39 is 5.60 Å². The van der Waals surface area contributed by atoms with Gasteiger partial charge in [-0.2, -0.15) is 0 Å². The molecule has 5 nitrogen and oxygen atoms in total. The van der Waals surface area contributed by atoms with Gasteiger partial charge in [0.1, 0.15) is 0 Å². The van der Waals surface area contributed by atoms with E-state index in [1.807, 2.05) is 6.92 Å². The molecule has 0 spiro atoms. The van der Waals surface area contributed by atoms with Gasteiger partial charge in [-0.05, 0) is 6.92 Å². The molecule has 0 aromatic carbocycles. The van der Waals surface area contributed by atoms with Gasteiger partial charge in [-0.1, -0.05) is 0 Å². The smallest absolute Gasteiger partial charge is 0.0815 e. The van der Waals surface area contributed by atoms with Crippen LogP contribution in [-0.2, 0) is 4.74 Å². The predicted molar refractivity (Wildman–Crippen MR) is 63.5 cm³/mol. The molecule has 1 aromatic heterocycles. The van der Waals surface area contributed by atoms with E-state index in [0.29, 0.717) is 32.6 Å². The molecule has 17 heavy (non-hydrogen) atoms. The molecule has 0 saturated carbocycles. The van der Waals surface area contributed by atoms with Crippen molar-refractivity contribution in [2.75, 3.05) is 19.8 Å². The molecule has 5 heteroatoms. The van der Waals surface area contributed by atoms with Crippen LogP contribution in [0.1, 0.15) is 31.5 Å². The third kappa shape index (κ3) is 3.46. The van der Waals surface area contributed by atoms with Crippen molar-refractivity contribution in [1.82, 2.24) is 15.3 Å². The maximum Gasteiger partial charge on any atom is 0.0815 e. The fourth-order valence-corrected chi connectivity index (χ4v) is 1.91. The van der Waals surface area contributed by atoms with E-state index in [4.69, 9.17) is 4.74 Å². The number of hydrogen-bond acceptors (Lipinski definition) is 5. The predicted octanol–water partition coefficient (Wildman–Crippen LogP) is 0.669. The number of nitrogens with one attached hydrogen (secondary N) is 1. The van der Waals surface area contributed by atoms with Crippen LogP contribution in [-0.4, -0.2) is 40.4 Å². The van der Waals surface area contributed by atoms with Crippen LogP contribution in [0.4, 0.5) is 0 Å². The van der Waals surface area contributed by atoms with Gasteiger partial charge in [0.05, 0.1) is 11.3 Å². The molecule has 2 N–H and O–H groups in total. The summed E-state index contributed by atoms with van der Waals surface area (Å²) in [4.78, 5) is 8.27. The van der Waals surface area contributed by atoms with Gasteiger partial charge in [-0.25, -0.2) is 0 Å². The fraction of sp³-hybridized carbons (Fsp3) is 0.667. The van der Waals surface area contributed by atoms with Gasteiger partial charge in [0.15, 0.2) is 0 Å². The zero-order valence-electron chi connectivity index (χ0n) is 10.1. The Labute approximate surface area is 101 Å². The third-order valence-electron chi connectivity index (χ3n) is 3.19. The Morgan fingerprint density at radius 3 is 2.88 bits per heavy atom. The minimum atomic E-state index is -0.644. The van der Waals surface area contributed by atoms with Crippen LogP contribution in [0.2, 0.25) is 0 Å². The van der Waals surface area contributed by atoms with E-state index in [9.17, 15) is 5.11 Å². The van der Waals surface area contributed by atoms with Gasteiger partial charge in [-0.15, -0.1) is 0 Å². The average Bonchev–Trinajstić information content (AvgIpc) is 2.38. The highest BCUT2D eigenvalue weighted by Gasteiger charge is 2.29. The second-order valence-electron chi connectivity index (χ2n) is 4.57. The Hall–Kier alpha value is -1.04. The van der Waals surface area contributed by atoms with E-state index in [2.05, 4.69) is 15.3 Å². The van der Waals surface area contributed by atoms with Crippen LogP contribution in [0, 0.1) is 0 Å². The molecule has 94 valence electrons. The molecule has 0 bridgehead atoms. The van der Waals surface area contributed by atoms with Gasteiger partial charge in [0, 0.05) is 57.2 Å². The van der Waals surface area contributed by atoms with E-state index in [-0.39, 0.29) is 6.04 Å². The van der Waals surface area contributed by atoms with Crippen molar-refractivity contribution >= 4 is 0 Å². The lowest BCUT2D eigenvalue weighted by Crippen LogP contribution is -2.45. The molecule has 1 unspecified atom stereocenters. The van der Waals surface area contributed by atoms with Crippen molar-refractivity contribution < 1.29 is 9.84 Å². The fourth-order valence-electron chi connectivity index (χ4n) is 1.91. The molecule has 2 heterocycles. The standard InChI is InChI=1S/C12H19N3O2/c1-10(11-8-13-4-5-14-11)15-9-12(16)2-6-17-7-3-12/h4-5,8,10,15-16H,2-3,6-7,9H2,1H3. The Kier molecular flexibility index (Phi) is 4.04. The summed E-state index contributed by atoms with van der Waals surface area (Å²) in [7, 11) is 0. The maximum atomic E-state index is 10.3. The highest BCUT2D eigenvalue weighted by Crippen LogP contribution is 2.20. The number of aromatic nitrogens is 2. The minimum absolute atomic E-state index is 0.0931. The molecular formula is C12H19N3O2. The average molecular weight is 237 g/mol. The van der Waals surface area contributed by atoms with Gasteiger partial charge in [0.25, 0.3) is 0 Å². The van der Waals surface area contributed by atoms with Crippen LogP contribution in [0.3, 0.4) is 0 Å². The Balaban J connectivity index is 1.85. The molecule has 0 radical (unpaired) electrons. The first-order chi connectivity index (χ1) is 8.20. The SMILES string of the molecule is CC(NCC1(O)CCOCC1)c1cnccn1. The summed E-state index contributed by atoms with van der Waals surface area (Å²) in [5.41, 5.74) is 0.248. The zero-order valence-corrected chi connectivity index (χ0v) is 10.1. The number of ether oxygens (including phenoxy) is 1. The summed E-state index contributed by atoms with van der Waals surface area (Å²) in [6, 6.07) is 0.0931. The Bertz CT molecular complexity index is 339. The number of rotatable bonds is 4. The summed E-state index contributed by atoms with van der Waals surface area (Å²) in [5.74, 6) is 0. The summed E-state index contributed by atoms with van der Waals surface area (Å²) >= 11 is 0. The first-order valence-corrected chi connectivity index (χ1v) is 5.99. The van der Waals surface area contributed by atoms with Crippen molar-refractivity contribution in [3.63, 3.8) is 0 Å². The second-order valence-corrected chi connectivity index (χ2v) is 4.57. The molecule has 2 rings (SSSR count). The first-order valence-electron chi connectivity index (χ1n) is 5.99. The van der Waals surface area contributed by atoms with Crippen LogP contribution in [0.5, 0.6) is 0 Å². The molecule has 1 aliphatic heterocycles. The zero-order chi connectivity index (χ0) is 12.1. The van der Waals surface area contributed by atoms with Crippen LogP contribution < -0.4 is 5.32 Å². The highest BCUT2D eigenvalue weighted by molar-refractivity contribution is 5.01. The summed E-state index contributed by atoms with van der Waals surface area (Å²) in [6.45, 7) is 3.86. The Morgan fingerprint density at radius 2 is 2.24 bits per heavy atom. The van der Waals surface area contributed by atoms with E-state index in [1.54, 1.807) is 18.6 Å². The quantitative estimate of drug-likeness (QED) is 0.805. The Morgan fingerprint density at radius 1 is 1.47 bits per heavy atom. The van der Waals surface area contributed by atoms with Crippen molar-refractivity contribution in [1.29, 1.82) is 0 Å².